The molecule has 0 aromatic rings. The third-order valence-corrected chi connectivity index (χ3v) is 1.82. The fourth-order valence-electron chi connectivity index (χ4n) is 0.942. The first-order chi connectivity index (χ1) is 4.99. The molecular weight excluding hydrogens is 152 g/mol. The summed E-state index contributed by atoms with van der Waals surface area (Å²) in [5.74, 6) is -3.96. The third-order valence-electron chi connectivity index (χ3n) is 1.82. The lowest BCUT2D eigenvalue weighted by molar-refractivity contribution is -0.178. The predicted octanol–water partition coefficient (Wildman–Crippen LogP) is -0.703. The molecule has 0 spiro atoms. The van der Waals surface area contributed by atoms with Crippen LogP contribution < -0.4 is 0 Å². The van der Waals surface area contributed by atoms with Gasteiger partial charge in [-0.05, 0) is 12.8 Å². The molecule has 0 amide bonds. The highest BCUT2D eigenvalue weighted by molar-refractivity contribution is 6.02. The van der Waals surface area contributed by atoms with Gasteiger partial charge in [0.15, 0.2) is 0 Å². The summed E-state index contributed by atoms with van der Waals surface area (Å²) in [6, 6.07) is 0. The molecule has 5 nitrogen and oxygen atoms in total. The number of rotatable bonds is 3. The van der Waals surface area contributed by atoms with Gasteiger partial charge in [0, 0.05) is 5.92 Å². The summed E-state index contributed by atoms with van der Waals surface area (Å²) in [6.45, 7) is 0. The molecule has 62 valence electrons. The van der Waals surface area contributed by atoms with Crippen molar-refractivity contribution in [2.45, 2.75) is 18.4 Å². The van der Waals surface area contributed by atoms with Gasteiger partial charge in [0.2, 0.25) is 0 Å². The first-order valence-electron chi connectivity index (χ1n) is 3.18. The van der Waals surface area contributed by atoms with Gasteiger partial charge in [-0.2, -0.15) is 0 Å². The molecule has 0 aromatic carbocycles. The molecule has 1 saturated carbocycles. The number of hydrogen-bond donors (Lipinski definition) is 3. The molecule has 0 atom stereocenters. The smallest absolute Gasteiger partial charge is 0.347 e. The Kier molecular flexibility index (Phi) is 1.60. The van der Waals surface area contributed by atoms with E-state index in [2.05, 4.69) is 0 Å². The van der Waals surface area contributed by atoms with Gasteiger partial charge >= 0.3 is 11.9 Å². The molecular formula is C6H8O5. The zero-order valence-electron chi connectivity index (χ0n) is 5.65. The van der Waals surface area contributed by atoms with Crippen molar-refractivity contribution >= 4 is 11.9 Å². The molecule has 0 aliphatic heterocycles. The molecule has 1 aliphatic rings. The van der Waals surface area contributed by atoms with Gasteiger partial charge < -0.3 is 15.3 Å². The van der Waals surface area contributed by atoms with E-state index in [9.17, 15) is 9.59 Å². The van der Waals surface area contributed by atoms with Crippen molar-refractivity contribution in [2.24, 2.45) is 5.92 Å². The summed E-state index contributed by atoms with van der Waals surface area (Å²) in [6.07, 6.45) is 0.935. The quantitative estimate of drug-likeness (QED) is 0.474. The van der Waals surface area contributed by atoms with Crippen LogP contribution in [0.1, 0.15) is 12.8 Å². The molecule has 1 aliphatic carbocycles. The number of carbonyl (C=O) groups is 2. The second kappa shape index (κ2) is 2.20. The van der Waals surface area contributed by atoms with Crippen molar-refractivity contribution < 1.29 is 24.9 Å². The third kappa shape index (κ3) is 1.07. The average Bonchev–Trinajstić information content (AvgIpc) is 2.66. The Bertz CT molecular complexity index is 191. The van der Waals surface area contributed by atoms with Gasteiger partial charge in [-0.15, -0.1) is 0 Å². The maximum atomic E-state index is 10.3. The minimum Gasteiger partial charge on any atom is -0.479 e. The first-order valence-corrected chi connectivity index (χ1v) is 3.18. The highest BCUT2D eigenvalue weighted by Gasteiger charge is 2.56. The second-order valence-corrected chi connectivity index (χ2v) is 2.65. The Morgan fingerprint density at radius 3 is 1.64 bits per heavy atom. The molecule has 0 radical (unpaired) electrons. The standard InChI is InChI=1S/C6H8O5/c7-4(8)6(11,5(9)10)3-1-2-3/h3,11H,1-2H2,(H,7,8)(H,9,10). The number of hydrogen-bond acceptors (Lipinski definition) is 3. The summed E-state index contributed by atoms with van der Waals surface area (Å²) in [5.41, 5.74) is -2.56. The Morgan fingerprint density at radius 1 is 1.18 bits per heavy atom. The molecule has 1 fully saturated rings. The first kappa shape index (κ1) is 8.00. The van der Waals surface area contributed by atoms with Crippen LogP contribution in [-0.2, 0) is 9.59 Å². The van der Waals surface area contributed by atoms with E-state index in [1.165, 1.54) is 0 Å². The lowest BCUT2D eigenvalue weighted by atomic mass is 9.99. The van der Waals surface area contributed by atoms with Crippen molar-refractivity contribution in [1.82, 2.24) is 0 Å². The number of aliphatic carboxylic acids is 2. The lowest BCUT2D eigenvalue weighted by Gasteiger charge is -2.16. The van der Waals surface area contributed by atoms with Crippen LogP contribution in [0.3, 0.4) is 0 Å². The van der Waals surface area contributed by atoms with E-state index in [1.807, 2.05) is 0 Å². The van der Waals surface area contributed by atoms with E-state index in [1.54, 1.807) is 0 Å². The molecule has 5 heteroatoms. The largest absolute Gasteiger partial charge is 0.479 e. The number of carboxylic acids is 2. The number of aliphatic hydroxyl groups is 1. The zero-order valence-corrected chi connectivity index (χ0v) is 5.65. The SMILES string of the molecule is O=C(O)C(O)(C(=O)O)C1CC1. The second-order valence-electron chi connectivity index (χ2n) is 2.65. The molecule has 11 heavy (non-hydrogen) atoms. The highest BCUT2D eigenvalue weighted by atomic mass is 16.4. The van der Waals surface area contributed by atoms with E-state index < -0.39 is 23.5 Å². The minimum absolute atomic E-state index is 0.467. The average molecular weight is 160 g/mol. The lowest BCUT2D eigenvalue weighted by Crippen LogP contribution is -2.48. The Morgan fingerprint density at radius 2 is 1.55 bits per heavy atom. The molecule has 0 saturated heterocycles. The van der Waals surface area contributed by atoms with Gasteiger partial charge in [0.25, 0.3) is 5.60 Å². The zero-order chi connectivity index (χ0) is 8.65. The van der Waals surface area contributed by atoms with Crippen molar-refractivity contribution in [3.05, 3.63) is 0 Å². The van der Waals surface area contributed by atoms with Crippen LogP contribution in [-0.4, -0.2) is 32.9 Å². The van der Waals surface area contributed by atoms with Crippen LogP contribution in [0.4, 0.5) is 0 Å². The van der Waals surface area contributed by atoms with Crippen molar-refractivity contribution in [2.75, 3.05) is 0 Å². The summed E-state index contributed by atoms with van der Waals surface area (Å²) in [5, 5.41) is 25.9. The van der Waals surface area contributed by atoms with E-state index in [-0.39, 0.29) is 0 Å². The maximum absolute atomic E-state index is 10.3. The summed E-state index contributed by atoms with van der Waals surface area (Å²) in [4.78, 5) is 20.6. The van der Waals surface area contributed by atoms with E-state index >= 15 is 0 Å². The van der Waals surface area contributed by atoms with Crippen LogP contribution in [0.25, 0.3) is 0 Å². The van der Waals surface area contributed by atoms with Crippen LogP contribution in [0, 0.1) is 5.92 Å². The molecule has 0 unspecified atom stereocenters. The van der Waals surface area contributed by atoms with E-state index in [0.29, 0.717) is 12.8 Å². The Labute approximate surface area is 62.3 Å². The summed E-state index contributed by atoms with van der Waals surface area (Å²) < 4.78 is 0. The Hall–Kier alpha value is -1.10. The predicted molar refractivity (Wildman–Crippen MR) is 32.9 cm³/mol. The van der Waals surface area contributed by atoms with Gasteiger partial charge in [-0.3, -0.25) is 0 Å². The summed E-state index contributed by atoms with van der Waals surface area (Å²) >= 11 is 0. The van der Waals surface area contributed by atoms with Crippen LogP contribution in [0.15, 0.2) is 0 Å². The molecule has 0 bridgehead atoms. The molecule has 3 N–H and O–H groups in total. The van der Waals surface area contributed by atoms with Crippen molar-refractivity contribution in [3.8, 4) is 0 Å². The van der Waals surface area contributed by atoms with Gasteiger partial charge in [0.1, 0.15) is 0 Å². The Balaban J connectivity index is 2.86. The minimum atomic E-state index is -2.56. The van der Waals surface area contributed by atoms with Crippen LogP contribution in [0.5, 0.6) is 0 Å². The van der Waals surface area contributed by atoms with Crippen molar-refractivity contribution in [3.63, 3.8) is 0 Å². The molecule has 0 aromatic heterocycles. The summed E-state index contributed by atoms with van der Waals surface area (Å²) in [7, 11) is 0. The van der Waals surface area contributed by atoms with Crippen LogP contribution in [0.2, 0.25) is 0 Å². The van der Waals surface area contributed by atoms with Crippen LogP contribution >= 0.6 is 0 Å². The van der Waals surface area contributed by atoms with Gasteiger partial charge in [0.05, 0.1) is 0 Å². The topological polar surface area (TPSA) is 94.8 Å². The van der Waals surface area contributed by atoms with Gasteiger partial charge in [-0.1, -0.05) is 0 Å². The highest BCUT2D eigenvalue weighted by Crippen LogP contribution is 2.39. The van der Waals surface area contributed by atoms with Gasteiger partial charge in [-0.25, -0.2) is 9.59 Å². The maximum Gasteiger partial charge on any atom is 0.347 e. The monoisotopic (exact) mass is 160 g/mol. The van der Waals surface area contributed by atoms with E-state index in [4.69, 9.17) is 15.3 Å². The fourth-order valence-corrected chi connectivity index (χ4v) is 0.942. The van der Waals surface area contributed by atoms with E-state index in [0.717, 1.165) is 0 Å². The number of carboxylic acid groups (broad SMARTS) is 2. The van der Waals surface area contributed by atoms with Crippen molar-refractivity contribution in [1.29, 1.82) is 0 Å². The fraction of sp³-hybridized carbons (Fsp3) is 0.667. The molecule has 0 heterocycles. The molecule has 1 rings (SSSR count). The normalized spacial score (nSPS) is 17.9.